The Balaban J connectivity index is 2.07. The molecule has 2 rings (SSSR count). The molecule has 100 valence electrons. The highest BCUT2D eigenvalue weighted by Gasteiger charge is 2.15. The number of carbonyl (C=O) groups is 1. The minimum atomic E-state index is -0.957. The van der Waals surface area contributed by atoms with E-state index in [1.54, 1.807) is 24.1 Å². The number of hydrogen-bond donors (Lipinski definition) is 2. The van der Waals surface area contributed by atoms with E-state index in [0.717, 1.165) is 5.56 Å². The van der Waals surface area contributed by atoms with Crippen LogP contribution in [0.4, 0.5) is 0 Å². The van der Waals surface area contributed by atoms with Gasteiger partial charge in [0.1, 0.15) is 5.56 Å². The first-order valence-corrected chi connectivity index (χ1v) is 5.97. The summed E-state index contributed by atoms with van der Waals surface area (Å²) < 4.78 is 1.58. The van der Waals surface area contributed by atoms with Crippen molar-refractivity contribution < 1.29 is 9.90 Å². The molecule has 19 heavy (non-hydrogen) atoms. The Morgan fingerprint density at radius 3 is 2.79 bits per heavy atom. The van der Waals surface area contributed by atoms with Gasteiger partial charge in [0.25, 0.3) is 0 Å². The van der Waals surface area contributed by atoms with Crippen molar-refractivity contribution in [1.82, 2.24) is 20.1 Å². The van der Waals surface area contributed by atoms with E-state index in [-0.39, 0.29) is 11.6 Å². The van der Waals surface area contributed by atoms with Crippen molar-refractivity contribution in [1.29, 1.82) is 0 Å². The summed E-state index contributed by atoms with van der Waals surface area (Å²) in [5, 5.41) is 16.3. The molecule has 0 fully saturated rings. The predicted octanol–water partition coefficient (Wildman–Crippen LogP) is 1.36. The molecule has 0 aromatic carbocycles. The Bertz CT molecular complexity index is 565. The SMILES string of the molecule is C[C@@H](NCc1c(C(=O)O)cnn1C)c1ccncc1. The van der Waals surface area contributed by atoms with Crippen LogP contribution in [0.25, 0.3) is 0 Å². The van der Waals surface area contributed by atoms with Gasteiger partial charge in [-0.25, -0.2) is 4.79 Å². The Morgan fingerprint density at radius 2 is 2.16 bits per heavy atom. The summed E-state index contributed by atoms with van der Waals surface area (Å²) in [4.78, 5) is 15.0. The van der Waals surface area contributed by atoms with Gasteiger partial charge in [-0.05, 0) is 24.6 Å². The fourth-order valence-electron chi connectivity index (χ4n) is 1.87. The molecule has 0 spiro atoms. The van der Waals surface area contributed by atoms with E-state index in [1.807, 2.05) is 19.1 Å². The third-order valence-electron chi connectivity index (χ3n) is 3.07. The van der Waals surface area contributed by atoms with Crippen LogP contribution in [0.1, 0.15) is 34.6 Å². The van der Waals surface area contributed by atoms with Gasteiger partial charge in [0.15, 0.2) is 0 Å². The molecule has 0 unspecified atom stereocenters. The van der Waals surface area contributed by atoms with Crippen molar-refractivity contribution in [3.8, 4) is 0 Å². The number of hydrogen-bond acceptors (Lipinski definition) is 4. The summed E-state index contributed by atoms with van der Waals surface area (Å²) in [6.07, 6.45) is 4.84. The van der Waals surface area contributed by atoms with E-state index < -0.39 is 5.97 Å². The number of carboxylic acids is 1. The number of aromatic nitrogens is 3. The lowest BCUT2D eigenvalue weighted by atomic mass is 10.1. The normalized spacial score (nSPS) is 12.3. The molecule has 0 saturated carbocycles. The molecular formula is C13H16N4O2. The number of aryl methyl sites for hydroxylation is 1. The highest BCUT2D eigenvalue weighted by molar-refractivity contribution is 5.88. The Kier molecular flexibility index (Phi) is 3.91. The standard InChI is InChI=1S/C13H16N4O2/c1-9(10-3-5-14-6-4-10)15-8-12-11(13(18)19)7-16-17(12)2/h3-7,9,15H,8H2,1-2H3,(H,18,19)/t9-/m1/s1. The molecule has 2 heterocycles. The molecule has 0 aliphatic carbocycles. The van der Waals surface area contributed by atoms with E-state index in [2.05, 4.69) is 15.4 Å². The topological polar surface area (TPSA) is 80.0 Å². The van der Waals surface area contributed by atoms with E-state index in [0.29, 0.717) is 12.2 Å². The Labute approximate surface area is 111 Å². The second-order valence-corrected chi connectivity index (χ2v) is 4.32. The van der Waals surface area contributed by atoms with E-state index in [4.69, 9.17) is 5.11 Å². The summed E-state index contributed by atoms with van der Waals surface area (Å²) in [6.45, 7) is 2.47. The molecule has 6 heteroatoms. The number of carboxylic acid groups (broad SMARTS) is 1. The second kappa shape index (κ2) is 5.62. The molecule has 0 radical (unpaired) electrons. The number of nitrogens with one attached hydrogen (secondary N) is 1. The van der Waals surface area contributed by atoms with Crippen molar-refractivity contribution in [2.75, 3.05) is 0 Å². The second-order valence-electron chi connectivity index (χ2n) is 4.32. The fourth-order valence-corrected chi connectivity index (χ4v) is 1.87. The fraction of sp³-hybridized carbons (Fsp3) is 0.308. The molecule has 2 aromatic rings. The molecule has 0 aliphatic heterocycles. The molecule has 0 saturated heterocycles. The third-order valence-corrected chi connectivity index (χ3v) is 3.07. The number of pyridine rings is 1. The largest absolute Gasteiger partial charge is 0.478 e. The van der Waals surface area contributed by atoms with Crippen LogP contribution in [0.3, 0.4) is 0 Å². The first-order valence-electron chi connectivity index (χ1n) is 5.97. The van der Waals surface area contributed by atoms with Gasteiger partial charge in [0, 0.05) is 32.0 Å². The number of aromatic carboxylic acids is 1. The van der Waals surface area contributed by atoms with E-state index in [1.165, 1.54) is 6.20 Å². The van der Waals surface area contributed by atoms with Crippen LogP contribution in [-0.4, -0.2) is 25.8 Å². The molecule has 0 aliphatic rings. The zero-order chi connectivity index (χ0) is 13.8. The van der Waals surface area contributed by atoms with Crippen molar-refractivity contribution in [3.63, 3.8) is 0 Å². The van der Waals surface area contributed by atoms with Crippen molar-refractivity contribution in [2.24, 2.45) is 7.05 Å². The minimum absolute atomic E-state index is 0.111. The summed E-state index contributed by atoms with van der Waals surface area (Å²) in [6, 6.07) is 3.97. The minimum Gasteiger partial charge on any atom is -0.478 e. The Hall–Kier alpha value is -2.21. The van der Waals surface area contributed by atoms with Gasteiger partial charge in [-0.2, -0.15) is 5.10 Å². The van der Waals surface area contributed by atoms with Crippen LogP contribution < -0.4 is 5.32 Å². The maximum atomic E-state index is 11.1. The van der Waals surface area contributed by atoms with Gasteiger partial charge in [-0.3, -0.25) is 9.67 Å². The van der Waals surface area contributed by atoms with E-state index >= 15 is 0 Å². The van der Waals surface area contributed by atoms with Crippen molar-refractivity contribution >= 4 is 5.97 Å². The van der Waals surface area contributed by atoms with Gasteiger partial charge in [-0.1, -0.05) is 0 Å². The molecular weight excluding hydrogens is 244 g/mol. The maximum absolute atomic E-state index is 11.1. The summed E-state index contributed by atoms with van der Waals surface area (Å²) in [5.74, 6) is -0.957. The molecule has 0 amide bonds. The van der Waals surface area contributed by atoms with Crippen LogP contribution >= 0.6 is 0 Å². The van der Waals surface area contributed by atoms with Gasteiger partial charge in [0.05, 0.1) is 11.9 Å². The molecule has 2 N–H and O–H groups in total. The average Bonchev–Trinajstić information content (AvgIpc) is 2.78. The predicted molar refractivity (Wildman–Crippen MR) is 69.7 cm³/mol. The first-order chi connectivity index (χ1) is 9.09. The number of rotatable bonds is 5. The van der Waals surface area contributed by atoms with Gasteiger partial charge in [0.2, 0.25) is 0 Å². The zero-order valence-corrected chi connectivity index (χ0v) is 10.9. The maximum Gasteiger partial charge on any atom is 0.339 e. The lowest BCUT2D eigenvalue weighted by Crippen LogP contribution is -2.21. The quantitative estimate of drug-likeness (QED) is 0.848. The van der Waals surface area contributed by atoms with Crippen molar-refractivity contribution in [2.45, 2.75) is 19.5 Å². The van der Waals surface area contributed by atoms with Gasteiger partial charge >= 0.3 is 5.97 Å². The first kappa shape index (κ1) is 13.2. The van der Waals surface area contributed by atoms with Crippen LogP contribution in [0.2, 0.25) is 0 Å². The third kappa shape index (κ3) is 2.97. The summed E-state index contributed by atoms with van der Waals surface area (Å²) >= 11 is 0. The number of nitrogens with zero attached hydrogens (tertiary/aromatic N) is 3. The molecule has 1 atom stereocenters. The monoisotopic (exact) mass is 260 g/mol. The van der Waals surface area contributed by atoms with Crippen molar-refractivity contribution in [3.05, 3.63) is 47.5 Å². The molecule has 0 bridgehead atoms. The van der Waals surface area contributed by atoms with Crippen LogP contribution in [0.15, 0.2) is 30.7 Å². The van der Waals surface area contributed by atoms with Gasteiger partial charge in [-0.15, -0.1) is 0 Å². The lowest BCUT2D eigenvalue weighted by molar-refractivity contribution is 0.0695. The van der Waals surface area contributed by atoms with Gasteiger partial charge < -0.3 is 10.4 Å². The highest BCUT2D eigenvalue weighted by Crippen LogP contribution is 2.13. The lowest BCUT2D eigenvalue weighted by Gasteiger charge is -2.14. The molecule has 2 aromatic heterocycles. The van der Waals surface area contributed by atoms with Crippen LogP contribution in [0.5, 0.6) is 0 Å². The summed E-state index contributed by atoms with van der Waals surface area (Å²) in [5.41, 5.74) is 2.00. The Morgan fingerprint density at radius 1 is 1.47 bits per heavy atom. The average molecular weight is 260 g/mol. The van der Waals surface area contributed by atoms with E-state index in [9.17, 15) is 4.79 Å². The summed E-state index contributed by atoms with van der Waals surface area (Å²) in [7, 11) is 1.74. The highest BCUT2D eigenvalue weighted by atomic mass is 16.4. The smallest absolute Gasteiger partial charge is 0.339 e. The van der Waals surface area contributed by atoms with Crippen LogP contribution in [0, 0.1) is 0 Å². The zero-order valence-electron chi connectivity index (χ0n) is 10.9. The molecule has 6 nitrogen and oxygen atoms in total. The van der Waals surface area contributed by atoms with Crippen LogP contribution in [-0.2, 0) is 13.6 Å².